The molecule has 1 aromatic rings. The van der Waals surface area contributed by atoms with Gasteiger partial charge in [0.05, 0.1) is 0 Å². The van der Waals surface area contributed by atoms with E-state index in [-0.39, 0.29) is 0 Å². The van der Waals surface area contributed by atoms with Crippen molar-refractivity contribution in [3.8, 4) is 0 Å². The Labute approximate surface area is 103 Å². The van der Waals surface area contributed by atoms with E-state index in [0.29, 0.717) is 0 Å². The van der Waals surface area contributed by atoms with Gasteiger partial charge in [0.2, 0.25) is 0 Å². The molecule has 17 heavy (non-hydrogen) atoms. The number of anilines is 2. The SMILES string of the molecule is CCCc1nc(NC)c(C)c(N2CCCC2)n1. The standard InChI is InChI=1S/C13H22N4/c1-4-7-11-15-12(14-3)10(2)13(16-11)17-8-5-6-9-17/h4-9H2,1-3H3,(H,14,15,16). The summed E-state index contributed by atoms with van der Waals surface area (Å²) in [5.41, 5.74) is 1.18. The van der Waals surface area contributed by atoms with E-state index in [1.165, 1.54) is 18.4 Å². The van der Waals surface area contributed by atoms with Gasteiger partial charge in [-0.3, -0.25) is 0 Å². The van der Waals surface area contributed by atoms with Crippen LogP contribution in [0.3, 0.4) is 0 Å². The molecule has 2 heterocycles. The normalized spacial score (nSPS) is 15.4. The van der Waals surface area contributed by atoms with Gasteiger partial charge in [0.1, 0.15) is 17.5 Å². The Hall–Kier alpha value is -1.32. The molecule has 1 aliphatic rings. The van der Waals surface area contributed by atoms with Crippen molar-refractivity contribution in [2.24, 2.45) is 0 Å². The molecule has 0 bridgehead atoms. The highest BCUT2D eigenvalue weighted by Crippen LogP contribution is 2.26. The molecular weight excluding hydrogens is 212 g/mol. The van der Waals surface area contributed by atoms with E-state index in [0.717, 1.165) is 43.4 Å². The van der Waals surface area contributed by atoms with Gasteiger partial charge in [-0.05, 0) is 26.2 Å². The van der Waals surface area contributed by atoms with Crippen LogP contribution < -0.4 is 10.2 Å². The molecule has 1 fully saturated rings. The fourth-order valence-electron chi connectivity index (χ4n) is 2.37. The Kier molecular flexibility index (Phi) is 3.82. The zero-order valence-corrected chi connectivity index (χ0v) is 11.1. The lowest BCUT2D eigenvalue weighted by atomic mass is 10.2. The van der Waals surface area contributed by atoms with E-state index < -0.39 is 0 Å². The summed E-state index contributed by atoms with van der Waals surface area (Å²) in [4.78, 5) is 11.7. The third-order valence-corrected chi connectivity index (χ3v) is 3.28. The van der Waals surface area contributed by atoms with Crippen LogP contribution in [0.25, 0.3) is 0 Å². The average Bonchev–Trinajstić information content (AvgIpc) is 2.85. The first-order chi connectivity index (χ1) is 8.26. The number of aromatic nitrogens is 2. The topological polar surface area (TPSA) is 41.1 Å². The van der Waals surface area contributed by atoms with Crippen LogP contribution in [0.4, 0.5) is 11.6 Å². The molecule has 0 aliphatic carbocycles. The third-order valence-electron chi connectivity index (χ3n) is 3.28. The molecule has 1 aliphatic heterocycles. The van der Waals surface area contributed by atoms with Crippen LogP contribution >= 0.6 is 0 Å². The Morgan fingerprint density at radius 1 is 1.24 bits per heavy atom. The maximum absolute atomic E-state index is 4.73. The minimum absolute atomic E-state index is 0.954. The van der Waals surface area contributed by atoms with Crippen LogP contribution in [0.2, 0.25) is 0 Å². The van der Waals surface area contributed by atoms with Crippen LogP contribution in [0.15, 0.2) is 0 Å². The van der Waals surface area contributed by atoms with Crippen molar-refractivity contribution in [1.82, 2.24) is 9.97 Å². The fraction of sp³-hybridized carbons (Fsp3) is 0.692. The van der Waals surface area contributed by atoms with Crippen molar-refractivity contribution in [1.29, 1.82) is 0 Å². The van der Waals surface area contributed by atoms with Gasteiger partial charge in [0.25, 0.3) is 0 Å². The Morgan fingerprint density at radius 3 is 2.53 bits per heavy atom. The zero-order valence-electron chi connectivity index (χ0n) is 11.1. The van der Waals surface area contributed by atoms with Crippen LogP contribution in [-0.2, 0) is 6.42 Å². The molecule has 94 valence electrons. The van der Waals surface area contributed by atoms with Crippen molar-refractivity contribution in [3.05, 3.63) is 11.4 Å². The number of rotatable bonds is 4. The second-order valence-corrected chi connectivity index (χ2v) is 4.63. The number of nitrogens with one attached hydrogen (secondary N) is 1. The van der Waals surface area contributed by atoms with Gasteiger partial charge in [-0.25, -0.2) is 9.97 Å². The monoisotopic (exact) mass is 234 g/mol. The summed E-state index contributed by atoms with van der Waals surface area (Å²) in [7, 11) is 1.93. The molecule has 4 heteroatoms. The molecule has 1 N–H and O–H groups in total. The molecule has 0 spiro atoms. The third kappa shape index (κ3) is 2.51. The summed E-state index contributed by atoms with van der Waals surface area (Å²) in [6, 6.07) is 0. The van der Waals surface area contributed by atoms with E-state index in [9.17, 15) is 0 Å². The largest absolute Gasteiger partial charge is 0.373 e. The van der Waals surface area contributed by atoms with Crippen LogP contribution in [0.5, 0.6) is 0 Å². The molecular formula is C13H22N4. The van der Waals surface area contributed by atoms with E-state index in [1.807, 2.05) is 7.05 Å². The summed E-state index contributed by atoms with van der Waals surface area (Å²) in [6.45, 7) is 6.53. The molecule has 0 radical (unpaired) electrons. The van der Waals surface area contributed by atoms with E-state index in [4.69, 9.17) is 4.98 Å². The van der Waals surface area contributed by atoms with E-state index in [1.54, 1.807) is 0 Å². The second-order valence-electron chi connectivity index (χ2n) is 4.63. The van der Waals surface area contributed by atoms with Crippen molar-refractivity contribution in [2.45, 2.75) is 39.5 Å². The first-order valence-electron chi connectivity index (χ1n) is 6.56. The molecule has 0 amide bonds. The van der Waals surface area contributed by atoms with Crippen LogP contribution in [0, 0.1) is 6.92 Å². The summed E-state index contributed by atoms with van der Waals surface area (Å²) < 4.78 is 0. The fourth-order valence-corrected chi connectivity index (χ4v) is 2.37. The first-order valence-corrected chi connectivity index (χ1v) is 6.56. The molecule has 1 saturated heterocycles. The van der Waals surface area contributed by atoms with Gasteiger partial charge in [-0.1, -0.05) is 6.92 Å². The van der Waals surface area contributed by atoms with Gasteiger partial charge < -0.3 is 10.2 Å². The lowest BCUT2D eigenvalue weighted by Gasteiger charge is -2.21. The predicted molar refractivity (Wildman–Crippen MR) is 71.8 cm³/mol. The molecule has 1 aromatic heterocycles. The highest BCUT2D eigenvalue weighted by molar-refractivity contribution is 5.58. The molecule has 0 unspecified atom stereocenters. The average molecular weight is 234 g/mol. The predicted octanol–water partition coefficient (Wildman–Crippen LogP) is 2.38. The quantitative estimate of drug-likeness (QED) is 0.868. The van der Waals surface area contributed by atoms with Gasteiger partial charge in [0, 0.05) is 32.1 Å². The lowest BCUT2D eigenvalue weighted by molar-refractivity contribution is 0.814. The van der Waals surface area contributed by atoms with E-state index in [2.05, 4.69) is 29.0 Å². The van der Waals surface area contributed by atoms with Crippen LogP contribution in [0.1, 0.15) is 37.6 Å². The van der Waals surface area contributed by atoms with Crippen molar-refractivity contribution in [2.75, 3.05) is 30.4 Å². The minimum Gasteiger partial charge on any atom is -0.373 e. The first kappa shape index (κ1) is 12.1. The number of nitrogens with zero attached hydrogens (tertiary/aromatic N) is 3. The Bertz CT molecular complexity index is 383. The van der Waals surface area contributed by atoms with Gasteiger partial charge in [-0.2, -0.15) is 0 Å². The van der Waals surface area contributed by atoms with Crippen molar-refractivity contribution in [3.63, 3.8) is 0 Å². The molecule has 2 rings (SSSR count). The molecule has 0 saturated carbocycles. The summed E-state index contributed by atoms with van der Waals surface area (Å²) in [6.07, 6.45) is 4.60. The minimum atomic E-state index is 0.954. The maximum atomic E-state index is 4.73. The molecule has 0 aromatic carbocycles. The Balaban J connectivity index is 2.37. The highest BCUT2D eigenvalue weighted by Gasteiger charge is 2.18. The van der Waals surface area contributed by atoms with Crippen molar-refractivity contribution < 1.29 is 0 Å². The smallest absolute Gasteiger partial charge is 0.137 e. The van der Waals surface area contributed by atoms with Gasteiger partial charge in [-0.15, -0.1) is 0 Å². The molecule has 0 atom stereocenters. The zero-order chi connectivity index (χ0) is 12.3. The maximum Gasteiger partial charge on any atom is 0.137 e. The summed E-state index contributed by atoms with van der Waals surface area (Å²) in [5, 5.41) is 3.18. The Morgan fingerprint density at radius 2 is 1.94 bits per heavy atom. The lowest BCUT2D eigenvalue weighted by Crippen LogP contribution is -2.22. The summed E-state index contributed by atoms with van der Waals surface area (Å²) in [5.74, 6) is 3.07. The van der Waals surface area contributed by atoms with E-state index >= 15 is 0 Å². The highest BCUT2D eigenvalue weighted by atomic mass is 15.2. The second kappa shape index (κ2) is 5.34. The summed E-state index contributed by atoms with van der Waals surface area (Å²) >= 11 is 0. The number of hydrogen-bond acceptors (Lipinski definition) is 4. The number of aryl methyl sites for hydroxylation is 1. The van der Waals surface area contributed by atoms with Crippen molar-refractivity contribution >= 4 is 11.6 Å². The van der Waals surface area contributed by atoms with Gasteiger partial charge >= 0.3 is 0 Å². The van der Waals surface area contributed by atoms with Crippen LogP contribution in [-0.4, -0.2) is 30.1 Å². The van der Waals surface area contributed by atoms with Gasteiger partial charge in [0.15, 0.2) is 0 Å². The molecule has 4 nitrogen and oxygen atoms in total. The number of hydrogen-bond donors (Lipinski definition) is 1.